The molecule has 2 N–H and O–H groups in total. The van der Waals surface area contributed by atoms with Crippen LogP contribution in [-0.4, -0.2) is 52.3 Å². The van der Waals surface area contributed by atoms with E-state index >= 15 is 0 Å². The highest BCUT2D eigenvalue weighted by molar-refractivity contribution is 5.72. The number of nitro groups is 1. The summed E-state index contributed by atoms with van der Waals surface area (Å²) in [5.41, 5.74) is 7.54. The van der Waals surface area contributed by atoms with Gasteiger partial charge in [-0.3, -0.25) is 15.0 Å². The normalized spacial score (nSPS) is 13.8. The number of carbonyl (C=O) groups excluding carboxylic acids is 1. The van der Waals surface area contributed by atoms with Gasteiger partial charge in [0.15, 0.2) is 0 Å². The lowest BCUT2D eigenvalue weighted by molar-refractivity contribution is -0.383. The van der Waals surface area contributed by atoms with Crippen LogP contribution in [0.5, 0.6) is 6.01 Å². The van der Waals surface area contributed by atoms with E-state index in [9.17, 15) is 14.9 Å². The van der Waals surface area contributed by atoms with E-state index in [0.717, 1.165) is 38.0 Å². The molecule has 0 atom stereocenters. The van der Waals surface area contributed by atoms with E-state index in [1.165, 1.54) is 23.3 Å². The Balaban J connectivity index is 1.82. The lowest BCUT2D eigenvalue weighted by Crippen LogP contribution is -2.27. The molecule has 2 aromatic rings. The highest BCUT2D eigenvalue weighted by atomic mass is 16.6. The molecule has 0 bridgehead atoms. The third-order valence-electron chi connectivity index (χ3n) is 5.38. The van der Waals surface area contributed by atoms with Crippen molar-refractivity contribution >= 4 is 23.6 Å². The quantitative estimate of drug-likeness (QED) is 0.228. The zero-order valence-corrected chi connectivity index (χ0v) is 18.4. The van der Waals surface area contributed by atoms with Crippen molar-refractivity contribution in [2.75, 3.05) is 36.9 Å². The fraction of sp³-hybridized carbons (Fsp3) is 0.500. The second kappa shape index (κ2) is 11.4. The first-order valence-corrected chi connectivity index (χ1v) is 10.9. The minimum absolute atomic E-state index is 0.0257. The van der Waals surface area contributed by atoms with Crippen molar-refractivity contribution in [3.63, 3.8) is 0 Å². The number of carbonyl (C=O) groups is 1. The van der Waals surface area contributed by atoms with E-state index < -0.39 is 10.6 Å². The largest absolute Gasteiger partial charge is 0.463 e. The van der Waals surface area contributed by atoms with E-state index in [1.54, 1.807) is 0 Å². The second-order valence-corrected chi connectivity index (χ2v) is 7.87. The van der Waals surface area contributed by atoms with Crippen LogP contribution < -0.4 is 15.4 Å². The maximum atomic E-state index is 11.7. The van der Waals surface area contributed by atoms with Crippen LogP contribution in [0, 0.1) is 10.1 Å². The van der Waals surface area contributed by atoms with E-state index in [4.69, 9.17) is 10.5 Å². The Morgan fingerprint density at radius 1 is 1.22 bits per heavy atom. The predicted octanol–water partition coefficient (Wildman–Crippen LogP) is 2.95. The molecule has 0 unspecified atom stereocenters. The Bertz CT molecular complexity index is 915. The zero-order chi connectivity index (χ0) is 22.9. The van der Waals surface area contributed by atoms with Crippen molar-refractivity contribution in [2.24, 2.45) is 0 Å². The molecule has 32 heavy (non-hydrogen) atoms. The van der Waals surface area contributed by atoms with E-state index in [1.807, 2.05) is 19.1 Å². The Labute approximate surface area is 187 Å². The summed E-state index contributed by atoms with van der Waals surface area (Å²) in [5, 5.41) is 11.7. The number of nitrogens with zero attached hydrogens (tertiary/aromatic N) is 5. The number of aldehydes is 1. The maximum absolute atomic E-state index is 11.7. The Hall–Kier alpha value is -3.27. The average molecular weight is 443 g/mol. The third kappa shape index (κ3) is 6.13. The predicted molar refractivity (Wildman–Crippen MR) is 122 cm³/mol. The molecule has 0 radical (unpaired) electrons. The molecule has 1 aromatic heterocycles. The number of ether oxygens (including phenoxy) is 1. The second-order valence-electron chi connectivity index (χ2n) is 7.87. The first kappa shape index (κ1) is 23.4. The van der Waals surface area contributed by atoms with Gasteiger partial charge in [-0.2, -0.15) is 9.97 Å². The SMILES string of the molecule is CCCCOc1nc(N)c([N+](=O)[O-])c(N(CC=O)Cc2ccc(CN3CCCC3)cc2)n1. The molecule has 0 amide bonds. The number of unbranched alkanes of at least 4 members (excludes halogenated alkanes) is 1. The fourth-order valence-corrected chi connectivity index (χ4v) is 3.69. The third-order valence-corrected chi connectivity index (χ3v) is 5.38. The lowest BCUT2D eigenvalue weighted by Gasteiger charge is -2.22. The number of benzene rings is 1. The molecular weight excluding hydrogens is 412 g/mol. The van der Waals surface area contributed by atoms with E-state index in [0.29, 0.717) is 12.9 Å². The Kier molecular flexibility index (Phi) is 8.32. The van der Waals surface area contributed by atoms with Gasteiger partial charge in [-0.05, 0) is 43.5 Å². The number of rotatable bonds is 12. The van der Waals surface area contributed by atoms with Crippen LogP contribution in [0.25, 0.3) is 0 Å². The van der Waals surface area contributed by atoms with E-state index in [2.05, 4.69) is 27.0 Å². The number of anilines is 2. The topological polar surface area (TPSA) is 128 Å². The molecule has 10 heteroatoms. The zero-order valence-electron chi connectivity index (χ0n) is 18.4. The Morgan fingerprint density at radius 3 is 2.53 bits per heavy atom. The minimum Gasteiger partial charge on any atom is -0.463 e. The molecule has 0 saturated carbocycles. The van der Waals surface area contributed by atoms with Crippen LogP contribution in [0.2, 0.25) is 0 Å². The number of aromatic nitrogens is 2. The fourth-order valence-electron chi connectivity index (χ4n) is 3.69. The van der Waals surface area contributed by atoms with Crippen molar-refractivity contribution in [1.82, 2.24) is 14.9 Å². The molecule has 0 spiro atoms. The summed E-state index contributed by atoms with van der Waals surface area (Å²) in [6, 6.07) is 8.01. The highest BCUT2D eigenvalue weighted by Crippen LogP contribution is 2.33. The van der Waals surface area contributed by atoms with Gasteiger partial charge in [-0.1, -0.05) is 37.6 Å². The van der Waals surface area contributed by atoms with Gasteiger partial charge in [0.25, 0.3) is 0 Å². The van der Waals surface area contributed by atoms with Crippen LogP contribution >= 0.6 is 0 Å². The molecular formula is C22H30N6O4. The summed E-state index contributed by atoms with van der Waals surface area (Å²) in [6.45, 7) is 5.72. The van der Waals surface area contributed by atoms with Gasteiger partial charge in [0, 0.05) is 13.1 Å². The van der Waals surface area contributed by atoms with Gasteiger partial charge in [0.1, 0.15) is 6.29 Å². The molecule has 10 nitrogen and oxygen atoms in total. The smallest absolute Gasteiger partial charge is 0.353 e. The Morgan fingerprint density at radius 2 is 1.91 bits per heavy atom. The van der Waals surface area contributed by atoms with Gasteiger partial charge in [0.2, 0.25) is 11.6 Å². The van der Waals surface area contributed by atoms with Crippen LogP contribution in [0.4, 0.5) is 17.3 Å². The molecule has 2 heterocycles. The summed E-state index contributed by atoms with van der Waals surface area (Å²) in [6.07, 6.45) is 4.87. The minimum atomic E-state index is -0.628. The van der Waals surface area contributed by atoms with Crippen LogP contribution in [0.3, 0.4) is 0 Å². The van der Waals surface area contributed by atoms with Gasteiger partial charge < -0.3 is 20.2 Å². The van der Waals surface area contributed by atoms with Crippen molar-refractivity contribution in [1.29, 1.82) is 0 Å². The number of nitrogens with two attached hydrogens (primary N) is 1. The van der Waals surface area contributed by atoms with Gasteiger partial charge in [0.05, 0.1) is 18.1 Å². The summed E-state index contributed by atoms with van der Waals surface area (Å²) < 4.78 is 5.52. The van der Waals surface area contributed by atoms with Crippen LogP contribution in [0.15, 0.2) is 24.3 Å². The average Bonchev–Trinajstić information content (AvgIpc) is 3.27. The molecule has 1 aliphatic rings. The van der Waals surface area contributed by atoms with Crippen LogP contribution in [0.1, 0.15) is 43.7 Å². The van der Waals surface area contributed by atoms with Crippen molar-refractivity contribution in [3.05, 3.63) is 45.5 Å². The molecule has 1 aromatic carbocycles. The molecule has 1 aliphatic heterocycles. The molecule has 1 saturated heterocycles. The van der Waals surface area contributed by atoms with Crippen molar-refractivity contribution < 1.29 is 14.5 Å². The summed E-state index contributed by atoms with van der Waals surface area (Å²) in [7, 11) is 0. The standard InChI is InChI=1S/C22H30N6O4/c1-2-3-14-32-22-24-20(23)19(28(30)31)21(25-22)27(12-13-29)16-18-8-6-17(7-9-18)15-26-10-4-5-11-26/h6-9,13H,2-5,10-12,14-16H2,1H3,(H2,23,24,25). The highest BCUT2D eigenvalue weighted by Gasteiger charge is 2.28. The number of hydrogen-bond donors (Lipinski definition) is 1. The van der Waals surface area contributed by atoms with Crippen molar-refractivity contribution in [2.45, 2.75) is 45.7 Å². The molecule has 1 fully saturated rings. The number of likely N-dealkylation sites (tertiary alicyclic amines) is 1. The lowest BCUT2D eigenvalue weighted by atomic mass is 10.1. The molecule has 3 rings (SSSR count). The van der Waals surface area contributed by atoms with Gasteiger partial charge >= 0.3 is 11.7 Å². The summed E-state index contributed by atoms with van der Waals surface area (Å²) in [4.78, 5) is 34.5. The van der Waals surface area contributed by atoms with Crippen molar-refractivity contribution in [3.8, 4) is 6.01 Å². The monoisotopic (exact) mass is 442 g/mol. The maximum Gasteiger partial charge on any atom is 0.353 e. The molecule has 0 aliphatic carbocycles. The molecule has 172 valence electrons. The van der Waals surface area contributed by atoms with Crippen LogP contribution in [-0.2, 0) is 17.9 Å². The number of nitrogen functional groups attached to an aromatic ring is 1. The van der Waals surface area contributed by atoms with Gasteiger partial charge in [-0.15, -0.1) is 0 Å². The number of hydrogen-bond acceptors (Lipinski definition) is 9. The van der Waals surface area contributed by atoms with Gasteiger partial charge in [-0.25, -0.2) is 0 Å². The van der Waals surface area contributed by atoms with E-state index in [-0.39, 0.29) is 30.7 Å². The summed E-state index contributed by atoms with van der Waals surface area (Å²) >= 11 is 0. The first-order chi connectivity index (χ1) is 15.5. The summed E-state index contributed by atoms with van der Waals surface area (Å²) in [5.74, 6) is -0.314. The first-order valence-electron chi connectivity index (χ1n) is 10.9.